The van der Waals surface area contributed by atoms with Crippen LogP contribution in [0, 0.1) is 20.8 Å². The summed E-state index contributed by atoms with van der Waals surface area (Å²) < 4.78 is 26.7. The van der Waals surface area contributed by atoms with E-state index in [4.69, 9.17) is 11.6 Å². The summed E-state index contributed by atoms with van der Waals surface area (Å²) in [7, 11) is -3.66. The fourth-order valence-electron chi connectivity index (χ4n) is 2.58. The molecule has 0 heterocycles. The molecule has 0 aliphatic heterocycles. The number of anilines is 1. The van der Waals surface area contributed by atoms with Gasteiger partial charge in [0.15, 0.2) is 0 Å². The first-order valence-corrected chi connectivity index (χ1v) is 9.68. The molecule has 0 saturated carbocycles. The van der Waals surface area contributed by atoms with Crippen LogP contribution in [0.25, 0.3) is 0 Å². The Hall–Kier alpha value is -1.89. The number of halogens is 1. The monoisotopic (exact) mass is 380 g/mol. The van der Waals surface area contributed by atoms with Crippen LogP contribution in [0.4, 0.5) is 5.69 Å². The van der Waals surface area contributed by atoms with Gasteiger partial charge < -0.3 is 5.32 Å². The number of sulfonamides is 1. The number of aryl methyl sites for hydroxylation is 3. The van der Waals surface area contributed by atoms with Crippen LogP contribution in [0.3, 0.4) is 0 Å². The number of benzene rings is 2. The van der Waals surface area contributed by atoms with E-state index in [9.17, 15) is 13.2 Å². The maximum atomic E-state index is 12.1. The van der Waals surface area contributed by atoms with Gasteiger partial charge in [0.05, 0.1) is 4.90 Å². The smallest absolute Gasteiger partial charge is 0.240 e. The molecule has 2 aromatic rings. The van der Waals surface area contributed by atoms with E-state index in [1.165, 1.54) is 24.3 Å². The first-order valence-electron chi connectivity index (χ1n) is 7.82. The Morgan fingerprint density at radius 3 is 2.16 bits per heavy atom. The lowest BCUT2D eigenvalue weighted by Gasteiger charge is -2.13. The maximum absolute atomic E-state index is 12.1. The van der Waals surface area contributed by atoms with Crippen molar-refractivity contribution < 1.29 is 13.2 Å². The zero-order chi connectivity index (χ0) is 18.6. The summed E-state index contributed by atoms with van der Waals surface area (Å²) in [5.41, 5.74) is 3.86. The highest BCUT2D eigenvalue weighted by Crippen LogP contribution is 2.22. The van der Waals surface area contributed by atoms with Gasteiger partial charge in [0.25, 0.3) is 0 Å². The van der Waals surface area contributed by atoms with Gasteiger partial charge in [-0.05, 0) is 56.2 Å². The van der Waals surface area contributed by atoms with Gasteiger partial charge >= 0.3 is 0 Å². The largest absolute Gasteiger partial charge is 0.326 e. The van der Waals surface area contributed by atoms with Gasteiger partial charge in [-0.15, -0.1) is 0 Å². The topological polar surface area (TPSA) is 75.3 Å². The first-order chi connectivity index (χ1) is 11.7. The Morgan fingerprint density at radius 2 is 1.60 bits per heavy atom. The second-order valence-corrected chi connectivity index (χ2v) is 8.13. The van der Waals surface area contributed by atoms with E-state index in [2.05, 4.69) is 10.0 Å². The Balaban J connectivity index is 1.93. The van der Waals surface area contributed by atoms with Crippen LogP contribution >= 0.6 is 11.6 Å². The van der Waals surface area contributed by atoms with Crippen molar-refractivity contribution >= 4 is 33.2 Å². The lowest BCUT2D eigenvalue weighted by molar-refractivity contribution is -0.116. The minimum absolute atomic E-state index is 0.0146. The highest BCUT2D eigenvalue weighted by molar-refractivity contribution is 7.89. The molecule has 25 heavy (non-hydrogen) atoms. The molecule has 0 unspecified atom stereocenters. The quantitative estimate of drug-likeness (QED) is 0.804. The van der Waals surface area contributed by atoms with Crippen LogP contribution in [-0.4, -0.2) is 20.9 Å². The average molecular weight is 381 g/mol. The first kappa shape index (κ1) is 19.4. The van der Waals surface area contributed by atoms with Crippen molar-refractivity contribution in [1.82, 2.24) is 4.72 Å². The molecule has 0 bridgehead atoms. The number of rotatable bonds is 6. The van der Waals surface area contributed by atoms with E-state index < -0.39 is 10.0 Å². The number of carbonyl (C=O) groups excluding carboxylic acids is 1. The molecule has 1 amide bonds. The predicted octanol–water partition coefficient (Wildman–Crippen LogP) is 3.57. The molecule has 0 fully saturated rings. The van der Waals surface area contributed by atoms with Gasteiger partial charge in [-0.3, -0.25) is 4.79 Å². The van der Waals surface area contributed by atoms with E-state index in [0.29, 0.717) is 5.02 Å². The molecule has 0 spiro atoms. The SMILES string of the molecule is Cc1cc(C)c(NC(=O)CCNS(=O)(=O)c2ccc(Cl)cc2)c(C)c1. The normalized spacial score (nSPS) is 11.4. The molecule has 0 aliphatic rings. The van der Waals surface area contributed by atoms with Crippen molar-refractivity contribution in [3.8, 4) is 0 Å². The van der Waals surface area contributed by atoms with E-state index in [1.807, 2.05) is 32.9 Å². The van der Waals surface area contributed by atoms with Crippen LogP contribution in [-0.2, 0) is 14.8 Å². The summed E-state index contributed by atoms with van der Waals surface area (Å²) in [5, 5.41) is 3.31. The van der Waals surface area contributed by atoms with Crippen molar-refractivity contribution in [3.05, 3.63) is 58.1 Å². The highest BCUT2D eigenvalue weighted by Gasteiger charge is 2.14. The molecule has 0 aliphatic carbocycles. The molecule has 2 N–H and O–H groups in total. The molecule has 2 aromatic carbocycles. The zero-order valence-electron chi connectivity index (χ0n) is 14.4. The molecule has 0 saturated heterocycles. The molecule has 7 heteroatoms. The summed E-state index contributed by atoms with van der Waals surface area (Å²) >= 11 is 5.75. The van der Waals surface area contributed by atoms with Gasteiger partial charge in [0, 0.05) is 23.7 Å². The maximum Gasteiger partial charge on any atom is 0.240 e. The van der Waals surface area contributed by atoms with Gasteiger partial charge in [-0.2, -0.15) is 0 Å². The second kappa shape index (κ2) is 7.99. The summed E-state index contributed by atoms with van der Waals surface area (Å²) in [5.74, 6) is -0.242. The van der Waals surface area contributed by atoms with Crippen molar-refractivity contribution in [2.45, 2.75) is 32.1 Å². The van der Waals surface area contributed by atoms with E-state index >= 15 is 0 Å². The molecular weight excluding hydrogens is 360 g/mol. The predicted molar refractivity (Wildman–Crippen MR) is 101 cm³/mol. The highest BCUT2D eigenvalue weighted by atomic mass is 35.5. The lowest BCUT2D eigenvalue weighted by Crippen LogP contribution is -2.28. The number of hydrogen-bond acceptors (Lipinski definition) is 3. The Kier molecular flexibility index (Phi) is 6.21. The van der Waals surface area contributed by atoms with E-state index in [0.717, 1.165) is 22.4 Å². The Morgan fingerprint density at radius 1 is 1.04 bits per heavy atom. The summed E-state index contributed by atoms with van der Waals surface area (Å²) in [6.45, 7) is 5.87. The third-order valence-corrected chi connectivity index (χ3v) is 5.44. The number of hydrogen-bond donors (Lipinski definition) is 2. The molecule has 134 valence electrons. The van der Waals surface area contributed by atoms with Crippen LogP contribution in [0.15, 0.2) is 41.3 Å². The molecule has 0 radical (unpaired) electrons. The summed E-state index contributed by atoms with van der Waals surface area (Å²) in [6.07, 6.45) is 0.0412. The van der Waals surface area contributed by atoms with Crippen molar-refractivity contribution in [1.29, 1.82) is 0 Å². The van der Waals surface area contributed by atoms with E-state index in [-0.39, 0.29) is 23.8 Å². The zero-order valence-corrected chi connectivity index (χ0v) is 16.0. The fourth-order valence-corrected chi connectivity index (χ4v) is 3.73. The van der Waals surface area contributed by atoms with Crippen molar-refractivity contribution in [2.75, 3.05) is 11.9 Å². The standard InChI is InChI=1S/C18H21ClN2O3S/c1-12-10-13(2)18(14(3)11-12)21-17(22)8-9-20-25(23,24)16-6-4-15(19)5-7-16/h4-7,10-11,20H,8-9H2,1-3H3,(H,21,22). The van der Waals surface area contributed by atoms with Crippen molar-refractivity contribution in [3.63, 3.8) is 0 Å². The van der Waals surface area contributed by atoms with Crippen LogP contribution < -0.4 is 10.0 Å². The van der Waals surface area contributed by atoms with Gasteiger partial charge in [0.2, 0.25) is 15.9 Å². The number of amides is 1. The third-order valence-electron chi connectivity index (χ3n) is 3.71. The fraction of sp³-hybridized carbons (Fsp3) is 0.278. The number of carbonyl (C=O) groups is 1. The average Bonchev–Trinajstić information content (AvgIpc) is 2.51. The van der Waals surface area contributed by atoms with Crippen LogP contribution in [0.2, 0.25) is 5.02 Å². The molecule has 5 nitrogen and oxygen atoms in total. The lowest BCUT2D eigenvalue weighted by atomic mass is 10.1. The summed E-state index contributed by atoms with van der Waals surface area (Å²) in [6, 6.07) is 9.84. The minimum atomic E-state index is -3.66. The molecule has 0 atom stereocenters. The Bertz CT molecular complexity index is 855. The summed E-state index contributed by atoms with van der Waals surface area (Å²) in [4.78, 5) is 12.2. The second-order valence-electron chi connectivity index (χ2n) is 5.92. The molecule has 0 aromatic heterocycles. The molecule has 2 rings (SSSR count). The molecular formula is C18H21ClN2O3S. The third kappa shape index (κ3) is 5.29. The van der Waals surface area contributed by atoms with Crippen LogP contribution in [0.5, 0.6) is 0 Å². The van der Waals surface area contributed by atoms with Gasteiger partial charge in [-0.25, -0.2) is 13.1 Å². The van der Waals surface area contributed by atoms with Gasteiger partial charge in [0.1, 0.15) is 0 Å². The van der Waals surface area contributed by atoms with Crippen molar-refractivity contribution in [2.24, 2.45) is 0 Å². The number of nitrogens with one attached hydrogen (secondary N) is 2. The minimum Gasteiger partial charge on any atom is -0.326 e. The van der Waals surface area contributed by atoms with Crippen LogP contribution in [0.1, 0.15) is 23.1 Å². The van der Waals surface area contributed by atoms with Gasteiger partial charge in [-0.1, -0.05) is 29.3 Å². The Labute approximate surface area is 153 Å². The van der Waals surface area contributed by atoms with E-state index in [1.54, 1.807) is 0 Å².